The molecule has 72 valence electrons. The second kappa shape index (κ2) is 4.45. The largest absolute Gasteiger partial charge is 0.192 e. The fourth-order valence-corrected chi connectivity index (χ4v) is 2.17. The second-order valence-electron chi connectivity index (χ2n) is 3.14. The van der Waals surface area contributed by atoms with E-state index in [9.17, 15) is 0 Å². The summed E-state index contributed by atoms with van der Waals surface area (Å²) < 4.78 is 1.16. The van der Waals surface area contributed by atoms with E-state index in [4.69, 9.17) is 5.26 Å². The third-order valence-corrected chi connectivity index (χ3v) is 3.15. The van der Waals surface area contributed by atoms with Crippen LogP contribution < -0.4 is 0 Å². The summed E-state index contributed by atoms with van der Waals surface area (Å²) in [6.07, 6.45) is 0. The van der Waals surface area contributed by atoms with Crippen molar-refractivity contribution in [1.82, 2.24) is 0 Å². The Hall–Kier alpha value is -1.34. The van der Waals surface area contributed by atoms with Crippen molar-refractivity contribution in [2.45, 2.75) is 0 Å². The molecule has 0 amide bonds. The first-order chi connectivity index (χ1) is 7.33. The van der Waals surface area contributed by atoms with Gasteiger partial charge in [-0.1, -0.05) is 36.4 Å². The minimum absolute atomic E-state index is 0.724. The molecular formula is C13H8IN. The molecule has 2 heteroatoms. The van der Waals surface area contributed by atoms with E-state index in [1.165, 1.54) is 0 Å². The molecule has 2 aromatic carbocycles. The summed E-state index contributed by atoms with van der Waals surface area (Å²) in [5.74, 6) is 0. The number of rotatable bonds is 1. The molecule has 0 atom stereocenters. The van der Waals surface area contributed by atoms with Crippen LogP contribution in [0.2, 0.25) is 0 Å². The Bertz CT molecular complexity index is 526. The lowest BCUT2D eigenvalue weighted by Crippen LogP contribution is -1.86. The predicted molar refractivity (Wildman–Crippen MR) is 69.3 cm³/mol. The molecule has 2 aromatic rings. The number of hydrogen-bond donors (Lipinski definition) is 0. The summed E-state index contributed by atoms with van der Waals surface area (Å²) in [6, 6.07) is 18.0. The van der Waals surface area contributed by atoms with Crippen LogP contribution in [0, 0.1) is 14.9 Å². The highest BCUT2D eigenvalue weighted by molar-refractivity contribution is 14.1. The van der Waals surface area contributed by atoms with Crippen LogP contribution in [0.1, 0.15) is 5.56 Å². The van der Waals surface area contributed by atoms with Crippen LogP contribution in [0.25, 0.3) is 11.1 Å². The number of benzene rings is 2. The maximum Gasteiger partial charge on any atom is 0.0998 e. The lowest BCUT2D eigenvalue weighted by Gasteiger charge is -2.05. The third kappa shape index (κ3) is 2.02. The summed E-state index contributed by atoms with van der Waals surface area (Å²) in [6.45, 7) is 0. The smallest absolute Gasteiger partial charge is 0.0998 e. The zero-order valence-electron chi connectivity index (χ0n) is 7.94. The minimum Gasteiger partial charge on any atom is -0.192 e. The fourth-order valence-electron chi connectivity index (χ4n) is 1.50. The first kappa shape index (κ1) is 10.2. The molecule has 0 saturated heterocycles. The molecule has 0 aromatic heterocycles. The van der Waals surface area contributed by atoms with E-state index in [2.05, 4.69) is 28.7 Å². The molecule has 0 unspecified atom stereocenters. The molecule has 0 aliphatic carbocycles. The van der Waals surface area contributed by atoms with Gasteiger partial charge in [0.25, 0.3) is 0 Å². The molecule has 15 heavy (non-hydrogen) atoms. The Labute approximate surface area is 103 Å². The first-order valence-corrected chi connectivity index (χ1v) is 5.65. The molecule has 0 saturated carbocycles. The van der Waals surface area contributed by atoms with Crippen molar-refractivity contribution in [3.63, 3.8) is 0 Å². The molecule has 0 aliphatic rings. The van der Waals surface area contributed by atoms with Crippen LogP contribution in [0.3, 0.4) is 0 Å². The van der Waals surface area contributed by atoms with Gasteiger partial charge in [0.2, 0.25) is 0 Å². The van der Waals surface area contributed by atoms with E-state index >= 15 is 0 Å². The van der Waals surface area contributed by atoms with Crippen molar-refractivity contribution in [3.05, 3.63) is 57.7 Å². The maximum absolute atomic E-state index is 9.02. The summed E-state index contributed by atoms with van der Waals surface area (Å²) in [4.78, 5) is 0. The lowest BCUT2D eigenvalue weighted by molar-refractivity contribution is 1.47. The Balaban J connectivity index is 2.65. The van der Waals surface area contributed by atoms with Gasteiger partial charge < -0.3 is 0 Å². The fraction of sp³-hybridized carbons (Fsp3) is 0. The van der Waals surface area contributed by atoms with Crippen molar-refractivity contribution in [2.24, 2.45) is 0 Å². The van der Waals surface area contributed by atoms with Crippen LogP contribution in [0.4, 0.5) is 0 Å². The standard InChI is InChI=1S/C13H8IN/c14-13-8-4-3-7-12(13)11-6-2-1-5-10(11)9-15/h1-8H. The average Bonchev–Trinajstić information content (AvgIpc) is 2.30. The SMILES string of the molecule is N#Cc1ccccc1-c1ccccc1I. The maximum atomic E-state index is 9.02. The highest BCUT2D eigenvalue weighted by Crippen LogP contribution is 2.27. The summed E-state index contributed by atoms with van der Waals surface area (Å²) in [5.41, 5.74) is 2.85. The van der Waals surface area contributed by atoms with Crippen LogP contribution in [0.5, 0.6) is 0 Å². The average molecular weight is 305 g/mol. The quantitative estimate of drug-likeness (QED) is 0.735. The van der Waals surface area contributed by atoms with Gasteiger partial charge in [-0.3, -0.25) is 0 Å². The molecule has 0 spiro atoms. The normalized spacial score (nSPS) is 9.60. The zero-order valence-corrected chi connectivity index (χ0v) is 10.1. The van der Waals surface area contributed by atoms with Gasteiger partial charge in [-0.2, -0.15) is 5.26 Å². The van der Waals surface area contributed by atoms with Gasteiger partial charge in [0.05, 0.1) is 11.6 Å². The molecular weight excluding hydrogens is 297 g/mol. The molecule has 0 N–H and O–H groups in total. The van der Waals surface area contributed by atoms with E-state index in [-0.39, 0.29) is 0 Å². The minimum atomic E-state index is 0.724. The molecule has 0 bridgehead atoms. The first-order valence-electron chi connectivity index (χ1n) is 4.57. The highest BCUT2D eigenvalue weighted by atomic mass is 127. The Morgan fingerprint density at radius 2 is 1.47 bits per heavy atom. The van der Waals surface area contributed by atoms with Gasteiger partial charge in [0, 0.05) is 9.13 Å². The summed E-state index contributed by atoms with van der Waals surface area (Å²) in [5, 5.41) is 9.02. The Morgan fingerprint density at radius 1 is 0.867 bits per heavy atom. The van der Waals surface area contributed by atoms with Crippen molar-refractivity contribution in [3.8, 4) is 17.2 Å². The van der Waals surface area contributed by atoms with Crippen LogP contribution in [-0.4, -0.2) is 0 Å². The van der Waals surface area contributed by atoms with Crippen molar-refractivity contribution < 1.29 is 0 Å². The van der Waals surface area contributed by atoms with Gasteiger partial charge in [-0.25, -0.2) is 0 Å². The van der Waals surface area contributed by atoms with E-state index in [1.54, 1.807) is 0 Å². The number of nitrogens with zero attached hydrogens (tertiary/aromatic N) is 1. The molecule has 0 fully saturated rings. The van der Waals surface area contributed by atoms with E-state index in [0.717, 1.165) is 20.3 Å². The molecule has 1 nitrogen and oxygen atoms in total. The molecule has 0 aliphatic heterocycles. The molecule has 2 rings (SSSR count). The topological polar surface area (TPSA) is 23.8 Å². The van der Waals surface area contributed by atoms with E-state index < -0.39 is 0 Å². The van der Waals surface area contributed by atoms with Crippen molar-refractivity contribution in [2.75, 3.05) is 0 Å². The van der Waals surface area contributed by atoms with Gasteiger partial charge in [-0.15, -0.1) is 0 Å². The summed E-state index contributed by atoms with van der Waals surface area (Å²) in [7, 11) is 0. The molecule has 0 radical (unpaired) electrons. The van der Waals surface area contributed by atoms with Crippen molar-refractivity contribution >= 4 is 22.6 Å². The van der Waals surface area contributed by atoms with Gasteiger partial charge in [-0.05, 0) is 40.3 Å². The van der Waals surface area contributed by atoms with Gasteiger partial charge in [0.15, 0.2) is 0 Å². The summed E-state index contributed by atoms with van der Waals surface area (Å²) >= 11 is 2.29. The Kier molecular flexibility index (Phi) is 3.02. The second-order valence-corrected chi connectivity index (χ2v) is 4.30. The third-order valence-electron chi connectivity index (χ3n) is 2.21. The monoisotopic (exact) mass is 305 g/mol. The van der Waals surface area contributed by atoms with Crippen LogP contribution in [-0.2, 0) is 0 Å². The highest BCUT2D eigenvalue weighted by Gasteiger charge is 2.05. The lowest BCUT2D eigenvalue weighted by atomic mass is 10.0. The number of nitriles is 1. The van der Waals surface area contributed by atoms with E-state index in [1.807, 2.05) is 48.5 Å². The van der Waals surface area contributed by atoms with Crippen LogP contribution >= 0.6 is 22.6 Å². The van der Waals surface area contributed by atoms with Gasteiger partial charge in [0.1, 0.15) is 0 Å². The predicted octanol–water partition coefficient (Wildman–Crippen LogP) is 3.83. The Morgan fingerprint density at radius 3 is 2.13 bits per heavy atom. The molecule has 0 heterocycles. The zero-order chi connectivity index (χ0) is 10.7. The van der Waals surface area contributed by atoms with Crippen LogP contribution in [0.15, 0.2) is 48.5 Å². The van der Waals surface area contributed by atoms with E-state index in [0.29, 0.717) is 0 Å². The van der Waals surface area contributed by atoms with Gasteiger partial charge >= 0.3 is 0 Å². The number of hydrogen-bond acceptors (Lipinski definition) is 1. The van der Waals surface area contributed by atoms with Crippen molar-refractivity contribution in [1.29, 1.82) is 5.26 Å². The number of halogens is 1.